The molecule has 3 rings (SSSR count). The van der Waals surface area contributed by atoms with Gasteiger partial charge in [0.1, 0.15) is 0 Å². The Balaban J connectivity index is 0.00000117. The Hall–Kier alpha value is -2.22. The van der Waals surface area contributed by atoms with Crippen molar-refractivity contribution in [2.24, 2.45) is 5.92 Å². The molecule has 0 amide bonds. The second-order valence-electron chi connectivity index (χ2n) is 6.29. The summed E-state index contributed by atoms with van der Waals surface area (Å²) in [5.41, 5.74) is 0.177. The number of carbonyl (C=O) groups is 1. The zero-order valence-corrected chi connectivity index (χ0v) is 15.5. The first-order valence-electron chi connectivity index (χ1n) is 9.00. The van der Waals surface area contributed by atoms with Crippen molar-refractivity contribution in [2.45, 2.75) is 32.7 Å². The number of methoxy groups -OCH3 is 1. The van der Waals surface area contributed by atoms with Crippen molar-refractivity contribution in [3.8, 4) is 0 Å². The molecule has 8 heteroatoms. The molecule has 2 aliphatic heterocycles. The van der Waals surface area contributed by atoms with Crippen LogP contribution in [-0.2, 0) is 9.53 Å². The van der Waals surface area contributed by atoms with Crippen molar-refractivity contribution in [3.63, 3.8) is 0 Å². The summed E-state index contributed by atoms with van der Waals surface area (Å²) < 4.78 is 18.8. The van der Waals surface area contributed by atoms with Crippen LogP contribution in [-0.4, -0.2) is 55.1 Å². The van der Waals surface area contributed by atoms with Gasteiger partial charge in [-0.2, -0.15) is 0 Å². The number of nitro groups is 1. The van der Waals surface area contributed by atoms with Crippen LogP contribution in [0.2, 0.25) is 0 Å². The van der Waals surface area contributed by atoms with Gasteiger partial charge in [0.25, 0.3) is 5.69 Å². The number of ether oxygens (including phenoxy) is 1. The highest BCUT2D eigenvalue weighted by atomic mass is 19.1. The average molecular weight is 367 g/mol. The molecule has 0 radical (unpaired) electrons. The SMILES string of the molecule is CC.COC(=O)C1CN(C2CCN(c3ccc([N+](=O)[O-])cc3F)CC2)C1. The average Bonchev–Trinajstić information content (AvgIpc) is 2.62. The first kappa shape index (κ1) is 20.1. The highest BCUT2D eigenvalue weighted by molar-refractivity contribution is 5.73. The minimum absolute atomic E-state index is 0.0276. The van der Waals surface area contributed by atoms with E-state index >= 15 is 0 Å². The number of nitro benzene ring substituents is 1. The summed E-state index contributed by atoms with van der Waals surface area (Å²) in [6.07, 6.45) is 1.76. The first-order valence-corrected chi connectivity index (χ1v) is 9.00. The summed E-state index contributed by atoms with van der Waals surface area (Å²) in [7, 11) is 1.40. The number of piperidine rings is 1. The molecule has 2 heterocycles. The maximum absolute atomic E-state index is 14.1. The van der Waals surface area contributed by atoms with E-state index in [0.717, 1.165) is 32.0 Å². The van der Waals surface area contributed by atoms with Gasteiger partial charge in [0.15, 0.2) is 5.82 Å². The van der Waals surface area contributed by atoms with Crippen molar-refractivity contribution in [3.05, 3.63) is 34.1 Å². The standard InChI is InChI=1S/C16H20FN3O4.C2H6/c1-24-16(21)11-9-19(10-11)12-4-6-18(7-5-12)15-3-2-13(20(22)23)8-14(15)17;1-2/h2-3,8,11-12H,4-7,9-10H2,1H3;1-2H3. The van der Waals surface area contributed by atoms with Crippen LogP contribution in [0.3, 0.4) is 0 Å². The number of nitrogens with zero attached hydrogens (tertiary/aromatic N) is 3. The van der Waals surface area contributed by atoms with Gasteiger partial charge in [-0.25, -0.2) is 4.39 Å². The van der Waals surface area contributed by atoms with Crippen LogP contribution < -0.4 is 4.90 Å². The van der Waals surface area contributed by atoms with Crippen LogP contribution in [0.25, 0.3) is 0 Å². The third kappa shape index (κ3) is 4.30. The summed E-state index contributed by atoms with van der Waals surface area (Å²) in [5.74, 6) is -0.742. The molecule has 0 saturated carbocycles. The van der Waals surface area contributed by atoms with Gasteiger partial charge in [-0.3, -0.25) is 19.8 Å². The zero-order valence-electron chi connectivity index (χ0n) is 15.5. The van der Waals surface area contributed by atoms with Gasteiger partial charge in [-0.15, -0.1) is 0 Å². The van der Waals surface area contributed by atoms with Crippen LogP contribution >= 0.6 is 0 Å². The van der Waals surface area contributed by atoms with Crippen molar-refractivity contribution in [1.82, 2.24) is 4.90 Å². The number of non-ortho nitro benzene ring substituents is 1. The predicted molar refractivity (Wildman–Crippen MR) is 96.7 cm³/mol. The molecule has 0 atom stereocenters. The maximum atomic E-state index is 14.1. The van der Waals surface area contributed by atoms with Crippen molar-refractivity contribution in [2.75, 3.05) is 38.2 Å². The monoisotopic (exact) mass is 367 g/mol. The Morgan fingerprint density at radius 2 is 1.88 bits per heavy atom. The first-order chi connectivity index (χ1) is 12.5. The van der Waals surface area contributed by atoms with Gasteiger partial charge < -0.3 is 9.64 Å². The summed E-state index contributed by atoms with van der Waals surface area (Å²) in [4.78, 5) is 25.7. The molecule has 0 aliphatic carbocycles. The van der Waals surface area contributed by atoms with E-state index in [4.69, 9.17) is 4.74 Å². The van der Waals surface area contributed by atoms with Gasteiger partial charge in [-0.1, -0.05) is 13.8 Å². The van der Waals surface area contributed by atoms with Gasteiger partial charge in [0, 0.05) is 38.3 Å². The van der Waals surface area contributed by atoms with Gasteiger partial charge in [0.05, 0.1) is 29.7 Å². The van der Waals surface area contributed by atoms with Crippen molar-refractivity contribution >= 4 is 17.3 Å². The van der Waals surface area contributed by atoms with Gasteiger partial charge in [0.2, 0.25) is 0 Å². The molecule has 1 aromatic rings. The lowest BCUT2D eigenvalue weighted by atomic mass is 9.93. The minimum atomic E-state index is -0.597. The molecular weight excluding hydrogens is 341 g/mol. The highest BCUT2D eigenvalue weighted by Gasteiger charge is 2.38. The van der Waals surface area contributed by atoms with E-state index in [9.17, 15) is 19.3 Å². The van der Waals surface area contributed by atoms with Gasteiger partial charge in [-0.05, 0) is 18.9 Å². The lowest BCUT2D eigenvalue weighted by Crippen LogP contribution is -2.57. The molecule has 0 N–H and O–H groups in total. The molecule has 2 saturated heterocycles. The Morgan fingerprint density at radius 1 is 1.27 bits per heavy atom. The molecule has 2 fully saturated rings. The fourth-order valence-corrected chi connectivity index (χ4v) is 3.46. The van der Waals surface area contributed by atoms with E-state index in [1.165, 1.54) is 19.2 Å². The summed E-state index contributed by atoms with van der Waals surface area (Å²) in [6, 6.07) is 4.17. The highest BCUT2D eigenvalue weighted by Crippen LogP contribution is 2.30. The smallest absolute Gasteiger partial charge is 0.311 e. The number of hydrogen-bond acceptors (Lipinski definition) is 6. The molecule has 7 nitrogen and oxygen atoms in total. The Labute approximate surface area is 152 Å². The third-order valence-electron chi connectivity index (χ3n) is 4.91. The van der Waals surface area contributed by atoms with E-state index < -0.39 is 10.7 Å². The lowest BCUT2D eigenvalue weighted by molar-refractivity contribution is -0.385. The summed E-state index contributed by atoms with van der Waals surface area (Å²) in [6.45, 7) is 6.84. The van der Waals surface area contributed by atoms with E-state index in [1.54, 1.807) is 0 Å². The van der Waals surface area contributed by atoms with Crippen LogP contribution in [0.15, 0.2) is 18.2 Å². The normalized spacial score (nSPS) is 18.5. The number of hydrogen-bond donors (Lipinski definition) is 0. The number of anilines is 1. The van der Waals surface area contributed by atoms with Crippen LogP contribution in [0.1, 0.15) is 26.7 Å². The lowest BCUT2D eigenvalue weighted by Gasteiger charge is -2.46. The fraction of sp³-hybridized carbons (Fsp3) is 0.611. The largest absolute Gasteiger partial charge is 0.469 e. The number of benzene rings is 1. The number of likely N-dealkylation sites (tertiary alicyclic amines) is 1. The Morgan fingerprint density at radius 3 is 2.38 bits per heavy atom. The number of halogens is 1. The van der Waals surface area contributed by atoms with Gasteiger partial charge >= 0.3 is 5.97 Å². The van der Waals surface area contributed by atoms with E-state index in [-0.39, 0.29) is 17.6 Å². The minimum Gasteiger partial charge on any atom is -0.469 e. The Bertz CT molecular complexity index is 641. The maximum Gasteiger partial charge on any atom is 0.311 e. The van der Waals surface area contributed by atoms with E-state index in [2.05, 4.69) is 4.90 Å². The fourth-order valence-electron chi connectivity index (χ4n) is 3.46. The van der Waals surface area contributed by atoms with E-state index in [0.29, 0.717) is 24.8 Å². The quantitative estimate of drug-likeness (QED) is 0.463. The summed E-state index contributed by atoms with van der Waals surface area (Å²) >= 11 is 0. The second kappa shape index (κ2) is 8.93. The third-order valence-corrected chi connectivity index (χ3v) is 4.91. The van der Waals surface area contributed by atoms with Crippen LogP contribution in [0.4, 0.5) is 15.8 Å². The molecule has 0 aromatic heterocycles. The molecule has 1 aromatic carbocycles. The summed E-state index contributed by atoms with van der Waals surface area (Å²) in [5, 5.41) is 10.7. The number of rotatable bonds is 4. The molecule has 0 unspecified atom stereocenters. The molecule has 144 valence electrons. The molecule has 0 bridgehead atoms. The topological polar surface area (TPSA) is 75.9 Å². The van der Waals surface area contributed by atoms with E-state index in [1.807, 2.05) is 18.7 Å². The molecule has 26 heavy (non-hydrogen) atoms. The Kier molecular flexibility index (Phi) is 6.90. The second-order valence-corrected chi connectivity index (χ2v) is 6.29. The molecule has 2 aliphatic rings. The number of esters is 1. The van der Waals surface area contributed by atoms with Crippen molar-refractivity contribution in [1.29, 1.82) is 0 Å². The van der Waals surface area contributed by atoms with Crippen molar-refractivity contribution < 1.29 is 18.8 Å². The molecule has 0 spiro atoms. The number of carbonyl (C=O) groups excluding carboxylic acids is 1. The predicted octanol–water partition coefficient (Wildman–Crippen LogP) is 2.83. The zero-order chi connectivity index (χ0) is 19.3. The van der Waals surface area contributed by atoms with Crippen LogP contribution in [0, 0.1) is 21.8 Å². The van der Waals surface area contributed by atoms with Crippen LogP contribution in [0.5, 0.6) is 0 Å². The molecular formula is C18H26FN3O4.